The maximum atomic E-state index is 5.31. The van der Waals surface area contributed by atoms with Gasteiger partial charge in [-0.05, 0) is 19.1 Å². The highest BCUT2D eigenvalue weighted by Crippen LogP contribution is 2.24. The third-order valence-corrected chi connectivity index (χ3v) is 5.16. The van der Waals surface area contributed by atoms with Gasteiger partial charge in [0, 0.05) is 50.5 Å². The van der Waals surface area contributed by atoms with Crippen molar-refractivity contribution in [3.63, 3.8) is 0 Å². The molecule has 4 rings (SSSR count). The van der Waals surface area contributed by atoms with Crippen molar-refractivity contribution in [2.45, 2.75) is 39.7 Å². The zero-order valence-electron chi connectivity index (χ0n) is 16.1. The molecule has 0 aliphatic carbocycles. The first kappa shape index (κ1) is 17.1. The van der Waals surface area contributed by atoms with Gasteiger partial charge < -0.3 is 13.7 Å². The molecule has 26 heavy (non-hydrogen) atoms. The Balaban J connectivity index is 1.44. The minimum Gasteiger partial charge on any atom is -0.448 e. The van der Waals surface area contributed by atoms with E-state index in [4.69, 9.17) is 9.40 Å². The van der Waals surface area contributed by atoms with E-state index in [1.54, 1.807) is 0 Å². The molecular weight excluding hydrogens is 326 g/mol. The maximum Gasteiger partial charge on any atom is 0.181 e. The lowest BCUT2D eigenvalue weighted by Crippen LogP contribution is -2.46. The van der Waals surface area contributed by atoms with Crippen molar-refractivity contribution in [1.29, 1.82) is 0 Å². The molecule has 6 nitrogen and oxygen atoms in total. The molecule has 1 aliphatic rings. The summed E-state index contributed by atoms with van der Waals surface area (Å²) in [6.45, 7) is 13.5. The minimum absolute atomic E-state index is 0.0665. The number of fused-ring (bicyclic) bond motifs is 1. The van der Waals surface area contributed by atoms with E-state index >= 15 is 0 Å². The number of pyridine rings is 1. The van der Waals surface area contributed by atoms with Gasteiger partial charge in [-0.1, -0.05) is 20.8 Å². The van der Waals surface area contributed by atoms with E-state index in [-0.39, 0.29) is 5.41 Å². The van der Waals surface area contributed by atoms with Crippen molar-refractivity contribution in [1.82, 2.24) is 19.3 Å². The number of oxazole rings is 1. The molecule has 3 aromatic rings. The van der Waals surface area contributed by atoms with Gasteiger partial charge in [-0.15, -0.1) is 0 Å². The van der Waals surface area contributed by atoms with Crippen molar-refractivity contribution in [3.8, 4) is 0 Å². The summed E-state index contributed by atoms with van der Waals surface area (Å²) in [5, 5.41) is 0. The lowest BCUT2D eigenvalue weighted by molar-refractivity contribution is 0.246. The second kappa shape index (κ2) is 6.43. The molecule has 1 fully saturated rings. The summed E-state index contributed by atoms with van der Waals surface area (Å²) in [5.41, 5.74) is 4.51. The molecule has 1 aliphatic heterocycles. The molecular formula is C20H27N5O. The van der Waals surface area contributed by atoms with E-state index in [9.17, 15) is 0 Å². The molecule has 0 N–H and O–H groups in total. The molecule has 0 atom stereocenters. The fraction of sp³-hybridized carbons (Fsp3) is 0.500. The van der Waals surface area contributed by atoms with Crippen LogP contribution in [0.5, 0.6) is 0 Å². The summed E-state index contributed by atoms with van der Waals surface area (Å²) >= 11 is 0. The topological polar surface area (TPSA) is 49.8 Å². The van der Waals surface area contributed by atoms with Crippen LogP contribution >= 0.6 is 0 Å². The summed E-state index contributed by atoms with van der Waals surface area (Å²) in [4.78, 5) is 13.9. The molecule has 0 unspecified atom stereocenters. The van der Waals surface area contributed by atoms with Gasteiger partial charge in [0.25, 0.3) is 0 Å². The number of hydrogen-bond acceptors (Lipinski definition) is 5. The van der Waals surface area contributed by atoms with E-state index in [0.717, 1.165) is 55.5 Å². The number of hydrogen-bond donors (Lipinski definition) is 0. The van der Waals surface area contributed by atoms with E-state index in [0.29, 0.717) is 0 Å². The van der Waals surface area contributed by atoms with E-state index in [1.165, 1.54) is 12.1 Å². The maximum absolute atomic E-state index is 5.31. The summed E-state index contributed by atoms with van der Waals surface area (Å²) in [6.07, 6.45) is 5.89. The Hall–Kier alpha value is -2.34. The van der Waals surface area contributed by atoms with Crippen LogP contribution < -0.4 is 4.90 Å². The Kier molecular flexibility index (Phi) is 4.23. The van der Waals surface area contributed by atoms with Crippen LogP contribution in [0.25, 0.3) is 5.65 Å². The third-order valence-electron chi connectivity index (χ3n) is 5.16. The third kappa shape index (κ3) is 3.33. The molecule has 0 bridgehead atoms. The number of anilines is 1. The van der Waals surface area contributed by atoms with Gasteiger partial charge in [-0.25, -0.2) is 9.97 Å². The quantitative estimate of drug-likeness (QED) is 0.723. The normalized spacial score (nSPS) is 16.5. The Labute approximate surface area is 154 Å². The van der Waals surface area contributed by atoms with E-state index < -0.39 is 0 Å². The summed E-state index contributed by atoms with van der Waals surface area (Å²) in [6, 6.07) is 4.31. The second-order valence-corrected chi connectivity index (χ2v) is 8.15. The minimum atomic E-state index is 0.0665. The number of aromatic nitrogens is 3. The molecule has 4 heterocycles. The SMILES string of the molecule is Cc1ocnc1CN1CCN(c2ccc3nc(C(C)(C)C)cn3c2)CC1. The van der Waals surface area contributed by atoms with E-state index in [2.05, 4.69) is 64.5 Å². The zero-order valence-corrected chi connectivity index (χ0v) is 16.1. The van der Waals surface area contributed by atoms with Gasteiger partial charge in [0.15, 0.2) is 6.39 Å². The Morgan fingerprint density at radius 3 is 2.50 bits per heavy atom. The van der Waals surface area contributed by atoms with Crippen LogP contribution in [0, 0.1) is 6.92 Å². The summed E-state index contributed by atoms with van der Waals surface area (Å²) in [7, 11) is 0. The van der Waals surface area contributed by atoms with Crippen LogP contribution in [-0.2, 0) is 12.0 Å². The highest BCUT2D eigenvalue weighted by molar-refractivity contribution is 5.53. The first-order valence-corrected chi connectivity index (χ1v) is 9.26. The summed E-state index contributed by atoms with van der Waals surface area (Å²) < 4.78 is 7.46. The molecule has 6 heteroatoms. The molecule has 138 valence electrons. The van der Waals surface area contributed by atoms with Crippen LogP contribution in [-0.4, -0.2) is 45.4 Å². The fourth-order valence-corrected chi connectivity index (χ4v) is 3.38. The van der Waals surface area contributed by atoms with Crippen molar-refractivity contribution >= 4 is 11.3 Å². The van der Waals surface area contributed by atoms with Gasteiger partial charge in [0.1, 0.15) is 11.4 Å². The molecule has 0 spiro atoms. The highest BCUT2D eigenvalue weighted by atomic mass is 16.3. The Morgan fingerprint density at radius 2 is 1.85 bits per heavy atom. The molecule has 0 saturated carbocycles. The van der Waals surface area contributed by atoms with Crippen LogP contribution in [0.4, 0.5) is 5.69 Å². The molecule has 1 saturated heterocycles. The lowest BCUT2D eigenvalue weighted by atomic mass is 9.93. The monoisotopic (exact) mass is 353 g/mol. The Bertz CT molecular complexity index is 896. The molecule has 0 aromatic carbocycles. The average Bonchev–Trinajstić information content (AvgIpc) is 3.21. The number of rotatable bonds is 3. The number of nitrogens with zero attached hydrogens (tertiary/aromatic N) is 5. The first-order chi connectivity index (χ1) is 12.4. The number of piperazine rings is 1. The van der Waals surface area contributed by atoms with Gasteiger partial charge >= 0.3 is 0 Å². The van der Waals surface area contributed by atoms with Gasteiger partial charge in [0.05, 0.1) is 17.1 Å². The van der Waals surface area contributed by atoms with E-state index in [1.807, 2.05) is 6.92 Å². The average molecular weight is 353 g/mol. The van der Waals surface area contributed by atoms with Crippen LogP contribution in [0.2, 0.25) is 0 Å². The van der Waals surface area contributed by atoms with Crippen molar-refractivity contribution in [3.05, 3.63) is 48.1 Å². The second-order valence-electron chi connectivity index (χ2n) is 8.15. The van der Waals surface area contributed by atoms with Gasteiger partial charge in [-0.3, -0.25) is 4.90 Å². The van der Waals surface area contributed by atoms with Crippen molar-refractivity contribution < 1.29 is 4.42 Å². The number of imidazole rings is 1. The predicted molar refractivity (Wildman–Crippen MR) is 103 cm³/mol. The number of aryl methyl sites for hydroxylation is 1. The molecule has 0 amide bonds. The zero-order chi connectivity index (χ0) is 18.3. The fourth-order valence-electron chi connectivity index (χ4n) is 3.38. The van der Waals surface area contributed by atoms with Gasteiger partial charge in [-0.2, -0.15) is 0 Å². The molecule has 3 aromatic heterocycles. The van der Waals surface area contributed by atoms with Crippen LogP contribution in [0.15, 0.2) is 35.3 Å². The smallest absolute Gasteiger partial charge is 0.181 e. The van der Waals surface area contributed by atoms with Crippen molar-refractivity contribution in [2.24, 2.45) is 0 Å². The Morgan fingerprint density at radius 1 is 1.08 bits per heavy atom. The highest BCUT2D eigenvalue weighted by Gasteiger charge is 2.21. The van der Waals surface area contributed by atoms with Gasteiger partial charge in [0.2, 0.25) is 0 Å². The summed E-state index contributed by atoms with van der Waals surface area (Å²) in [5.74, 6) is 0.924. The largest absolute Gasteiger partial charge is 0.448 e. The van der Waals surface area contributed by atoms with Crippen molar-refractivity contribution in [2.75, 3.05) is 31.1 Å². The molecule has 0 radical (unpaired) electrons. The van der Waals surface area contributed by atoms with Crippen LogP contribution in [0.3, 0.4) is 0 Å². The lowest BCUT2D eigenvalue weighted by Gasteiger charge is -2.35. The first-order valence-electron chi connectivity index (χ1n) is 9.26. The van der Waals surface area contributed by atoms with Crippen LogP contribution in [0.1, 0.15) is 37.9 Å². The predicted octanol–water partition coefficient (Wildman–Crippen LogP) is 3.25. The standard InChI is InChI=1S/C20H27N5O/c1-15-17(21-14-26-15)12-23-7-9-24(10-8-23)16-5-6-19-22-18(20(2,3)4)13-25(19)11-16/h5-6,11,13-14H,7-10,12H2,1-4H3.